The molecule has 27 heavy (non-hydrogen) atoms. The summed E-state index contributed by atoms with van der Waals surface area (Å²) in [5.74, 6) is 0.462. The maximum absolute atomic E-state index is 12.6. The molecule has 0 spiro atoms. The van der Waals surface area contributed by atoms with Crippen molar-refractivity contribution in [2.45, 2.75) is 0 Å². The van der Waals surface area contributed by atoms with E-state index in [1.54, 1.807) is 42.5 Å². The highest BCUT2D eigenvalue weighted by Gasteiger charge is 2.09. The number of aromatic nitrogens is 3. The first-order valence-corrected chi connectivity index (χ1v) is 9.75. The molecule has 0 saturated carbocycles. The molecular formula is C19H10Cl3N3OS. The van der Waals surface area contributed by atoms with E-state index in [0.29, 0.717) is 35.9 Å². The molecule has 0 aliphatic rings. The first kappa shape index (κ1) is 18.2. The number of hydrogen-bond donors (Lipinski definition) is 0. The molecule has 0 amide bonds. The lowest BCUT2D eigenvalue weighted by molar-refractivity contribution is 0.925. The third-order valence-corrected chi connectivity index (χ3v) is 5.52. The number of halogens is 3. The third kappa shape index (κ3) is 3.92. The van der Waals surface area contributed by atoms with E-state index in [2.05, 4.69) is 10.1 Å². The van der Waals surface area contributed by atoms with Gasteiger partial charge in [0.25, 0.3) is 5.56 Å². The van der Waals surface area contributed by atoms with Crippen molar-refractivity contribution in [3.05, 3.63) is 89.4 Å². The molecule has 2 heterocycles. The fourth-order valence-corrected chi connectivity index (χ4v) is 3.92. The van der Waals surface area contributed by atoms with E-state index in [0.717, 1.165) is 5.56 Å². The molecule has 4 aromatic rings. The van der Waals surface area contributed by atoms with Crippen LogP contribution < -0.4 is 10.1 Å². The molecule has 2 aromatic carbocycles. The van der Waals surface area contributed by atoms with Gasteiger partial charge in [-0.25, -0.2) is 0 Å². The summed E-state index contributed by atoms with van der Waals surface area (Å²) in [6.07, 6.45) is 5.33. The minimum absolute atomic E-state index is 0.236. The van der Waals surface area contributed by atoms with Gasteiger partial charge in [-0.05, 0) is 47.5 Å². The molecule has 2 aromatic heterocycles. The van der Waals surface area contributed by atoms with Gasteiger partial charge in [-0.2, -0.15) is 9.50 Å². The summed E-state index contributed by atoms with van der Waals surface area (Å²) in [4.78, 5) is 17.5. The maximum atomic E-state index is 12.6. The van der Waals surface area contributed by atoms with Crippen molar-refractivity contribution >= 4 is 69.3 Å². The molecular weight excluding hydrogens is 425 g/mol. The van der Waals surface area contributed by atoms with Gasteiger partial charge in [0, 0.05) is 15.1 Å². The molecule has 4 rings (SSSR count). The Bertz CT molecular complexity index is 1280. The summed E-state index contributed by atoms with van der Waals surface area (Å²) >= 11 is 19.2. The molecule has 0 N–H and O–H groups in total. The molecule has 4 nitrogen and oxygen atoms in total. The summed E-state index contributed by atoms with van der Waals surface area (Å²) in [5.41, 5.74) is 1.44. The smallest absolute Gasteiger partial charge is 0.266 e. The Labute approximate surface area is 172 Å². The molecule has 0 unspecified atom stereocenters. The normalized spacial score (nSPS) is 12.5. The van der Waals surface area contributed by atoms with Crippen molar-refractivity contribution in [2.24, 2.45) is 0 Å². The van der Waals surface area contributed by atoms with Crippen LogP contribution in [-0.2, 0) is 0 Å². The first-order chi connectivity index (χ1) is 13.0. The van der Waals surface area contributed by atoms with E-state index in [1.807, 2.05) is 18.2 Å². The Morgan fingerprint density at radius 3 is 2.41 bits per heavy atom. The minimum atomic E-state index is -0.236. The van der Waals surface area contributed by atoms with Gasteiger partial charge in [-0.15, -0.1) is 5.10 Å². The fraction of sp³-hybridized carbons (Fsp3) is 0. The van der Waals surface area contributed by atoms with Gasteiger partial charge in [0.2, 0.25) is 4.96 Å². The predicted octanol–water partition coefficient (Wildman–Crippen LogP) is 4.83. The lowest BCUT2D eigenvalue weighted by Gasteiger charge is -1.97. The molecule has 0 radical (unpaired) electrons. The largest absolute Gasteiger partial charge is 0.291 e. The maximum Gasteiger partial charge on any atom is 0.291 e. The van der Waals surface area contributed by atoms with Gasteiger partial charge in [0.15, 0.2) is 5.82 Å². The second-order valence-electron chi connectivity index (χ2n) is 5.63. The topological polar surface area (TPSA) is 47.3 Å². The Morgan fingerprint density at radius 1 is 0.963 bits per heavy atom. The van der Waals surface area contributed by atoms with Crippen LogP contribution in [0.3, 0.4) is 0 Å². The van der Waals surface area contributed by atoms with Gasteiger partial charge in [-0.1, -0.05) is 70.4 Å². The van der Waals surface area contributed by atoms with Crippen molar-refractivity contribution in [2.75, 3.05) is 0 Å². The van der Waals surface area contributed by atoms with Crippen LogP contribution in [0.25, 0.3) is 23.2 Å². The van der Waals surface area contributed by atoms with Gasteiger partial charge in [-0.3, -0.25) is 4.79 Å². The first-order valence-electron chi connectivity index (χ1n) is 7.79. The average molecular weight is 435 g/mol. The summed E-state index contributed by atoms with van der Waals surface area (Å²) in [6, 6.07) is 12.5. The highest BCUT2D eigenvalue weighted by atomic mass is 35.5. The van der Waals surface area contributed by atoms with Gasteiger partial charge >= 0.3 is 0 Å². The van der Waals surface area contributed by atoms with E-state index in [4.69, 9.17) is 34.8 Å². The highest BCUT2D eigenvalue weighted by Crippen LogP contribution is 2.21. The van der Waals surface area contributed by atoms with E-state index in [9.17, 15) is 4.79 Å². The Hall–Kier alpha value is -2.18. The van der Waals surface area contributed by atoms with E-state index < -0.39 is 0 Å². The summed E-state index contributed by atoms with van der Waals surface area (Å²) in [5, 5.41) is 5.95. The van der Waals surface area contributed by atoms with Gasteiger partial charge < -0.3 is 0 Å². The van der Waals surface area contributed by atoms with E-state index in [1.165, 1.54) is 15.9 Å². The molecule has 134 valence electrons. The number of nitrogens with zero attached hydrogens (tertiary/aromatic N) is 3. The Morgan fingerprint density at radius 2 is 1.70 bits per heavy atom. The molecule has 0 saturated heterocycles. The highest BCUT2D eigenvalue weighted by molar-refractivity contribution is 7.15. The number of rotatable bonds is 3. The summed E-state index contributed by atoms with van der Waals surface area (Å²) < 4.78 is 1.80. The fourth-order valence-electron chi connectivity index (χ4n) is 2.42. The lowest BCUT2D eigenvalue weighted by Crippen LogP contribution is -2.23. The van der Waals surface area contributed by atoms with Crippen LogP contribution in [0.15, 0.2) is 47.3 Å². The predicted molar refractivity (Wildman–Crippen MR) is 113 cm³/mol. The minimum Gasteiger partial charge on any atom is -0.266 e. The van der Waals surface area contributed by atoms with Crippen molar-refractivity contribution in [3.8, 4) is 0 Å². The second kappa shape index (κ2) is 7.44. The van der Waals surface area contributed by atoms with Gasteiger partial charge in [0.1, 0.15) is 0 Å². The molecule has 8 heteroatoms. The molecule has 0 aliphatic carbocycles. The summed E-state index contributed by atoms with van der Waals surface area (Å²) in [7, 11) is 0. The standard InChI is InChI=1S/C19H10Cl3N3OS/c20-13-5-1-11(2-6-13)3-8-17-23-19-25(24-17)18(26)16(27-19)9-12-4-7-14(21)10-15(12)22/h1-10H/b8-3+,16-9+. The number of benzene rings is 2. The zero-order valence-corrected chi connectivity index (χ0v) is 16.6. The van der Waals surface area contributed by atoms with Crippen LogP contribution in [0.2, 0.25) is 15.1 Å². The molecule has 0 atom stereocenters. The van der Waals surface area contributed by atoms with E-state index >= 15 is 0 Å². The van der Waals surface area contributed by atoms with Crippen LogP contribution in [0.4, 0.5) is 0 Å². The molecule has 0 aliphatic heterocycles. The molecule has 0 bridgehead atoms. The van der Waals surface area contributed by atoms with E-state index in [-0.39, 0.29) is 5.56 Å². The van der Waals surface area contributed by atoms with Crippen molar-refractivity contribution in [1.29, 1.82) is 0 Å². The quantitative estimate of drug-likeness (QED) is 0.464. The van der Waals surface area contributed by atoms with Crippen LogP contribution >= 0.6 is 46.1 Å². The van der Waals surface area contributed by atoms with Crippen LogP contribution in [0.1, 0.15) is 17.0 Å². The third-order valence-electron chi connectivity index (χ3n) is 3.74. The zero-order valence-electron chi connectivity index (χ0n) is 13.6. The van der Waals surface area contributed by atoms with Crippen molar-refractivity contribution in [1.82, 2.24) is 14.6 Å². The van der Waals surface area contributed by atoms with Crippen molar-refractivity contribution < 1.29 is 0 Å². The number of hydrogen-bond acceptors (Lipinski definition) is 4. The SMILES string of the molecule is O=c1/c(=C\c2ccc(Cl)cc2Cl)sc2nc(/C=C/c3ccc(Cl)cc3)nn12. The summed E-state index contributed by atoms with van der Waals surface area (Å²) in [6.45, 7) is 0. The Kier molecular flexibility index (Phi) is 5.02. The molecule has 0 fully saturated rings. The zero-order chi connectivity index (χ0) is 19.0. The number of thiazole rings is 1. The van der Waals surface area contributed by atoms with Crippen molar-refractivity contribution in [3.63, 3.8) is 0 Å². The average Bonchev–Trinajstić information content (AvgIpc) is 3.16. The van der Waals surface area contributed by atoms with Gasteiger partial charge in [0.05, 0.1) is 4.53 Å². The second-order valence-corrected chi connectivity index (χ2v) is 7.92. The van der Waals surface area contributed by atoms with Crippen LogP contribution in [-0.4, -0.2) is 14.6 Å². The number of fused-ring (bicyclic) bond motifs is 1. The van der Waals surface area contributed by atoms with Crippen LogP contribution in [0, 0.1) is 0 Å². The lowest BCUT2D eigenvalue weighted by atomic mass is 10.2. The Balaban J connectivity index is 1.68. The van der Waals surface area contributed by atoms with Crippen LogP contribution in [0.5, 0.6) is 0 Å². The monoisotopic (exact) mass is 433 g/mol.